The Labute approximate surface area is 96.8 Å². The van der Waals surface area contributed by atoms with Gasteiger partial charge in [-0.1, -0.05) is 23.2 Å². The van der Waals surface area contributed by atoms with Gasteiger partial charge in [-0.3, -0.25) is 0 Å². The maximum atomic E-state index is 5.84. The largest absolute Gasteiger partial charge is 0.451 e. The molecule has 0 aliphatic carbocycles. The monoisotopic (exact) mass is 274 g/mol. The van der Waals surface area contributed by atoms with Crippen LogP contribution in [0.4, 0.5) is 0 Å². The standard InChI is InChI=1S/C7H6Cl3OPS/c1-12(10,13)11-7-3-2-5(8)4-6(7)9/h2-4H,1H3. The highest BCUT2D eigenvalue weighted by Crippen LogP contribution is 2.50. The zero-order valence-corrected chi connectivity index (χ0v) is 10.6. The zero-order chi connectivity index (χ0) is 10.1. The van der Waals surface area contributed by atoms with E-state index in [0.717, 1.165) is 0 Å². The second kappa shape index (κ2) is 4.37. The lowest BCUT2D eigenvalue weighted by Gasteiger charge is -2.12. The first kappa shape index (κ1) is 11.6. The highest BCUT2D eigenvalue weighted by Gasteiger charge is 2.10. The fourth-order valence-electron chi connectivity index (χ4n) is 0.725. The minimum absolute atomic E-state index is 0.421. The molecule has 0 radical (unpaired) electrons. The van der Waals surface area contributed by atoms with E-state index in [-0.39, 0.29) is 0 Å². The van der Waals surface area contributed by atoms with Crippen LogP contribution in [0.3, 0.4) is 0 Å². The van der Waals surface area contributed by atoms with Gasteiger partial charge in [-0.05, 0) is 41.2 Å². The molecule has 13 heavy (non-hydrogen) atoms. The van der Waals surface area contributed by atoms with E-state index in [1.165, 1.54) is 0 Å². The number of benzene rings is 1. The van der Waals surface area contributed by atoms with Crippen LogP contribution in [0.5, 0.6) is 5.75 Å². The van der Waals surface area contributed by atoms with E-state index in [4.69, 9.17) is 50.8 Å². The van der Waals surface area contributed by atoms with E-state index in [1.54, 1.807) is 24.9 Å². The Balaban J connectivity index is 2.97. The molecule has 1 rings (SSSR count). The van der Waals surface area contributed by atoms with Crippen LogP contribution in [-0.4, -0.2) is 6.66 Å². The Morgan fingerprint density at radius 2 is 2.00 bits per heavy atom. The molecule has 1 nitrogen and oxygen atoms in total. The minimum atomic E-state index is -2.25. The number of hydrogen-bond acceptors (Lipinski definition) is 2. The molecule has 0 saturated heterocycles. The average Bonchev–Trinajstić information content (AvgIpc) is 1.93. The van der Waals surface area contributed by atoms with Crippen molar-refractivity contribution in [2.45, 2.75) is 0 Å². The third kappa shape index (κ3) is 4.05. The van der Waals surface area contributed by atoms with E-state index in [9.17, 15) is 0 Å². The third-order valence-electron chi connectivity index (χ3n) is 1.16. The van der Waals surface area contributed by atoms with E-state index in [0.29, 0.717) is 15.8 Å². The Kier molecular flexibility index (Phi) is 3.91. The molecule has 72 valence electrons. The van der Waals surface area contributed by atoms with Gasteiger partial charge in [0.15, 0.2) is 5.62 Å². The van der Waals surface area contributed by atoms with Crippen LogP contribution in [0, 0.1) is 0 Å². The molecule has 1 aromatic carbocycles. The molecule has 0 spiro atoms. The van der Waals surface area contributed by atoms with Crippen molar-refractivity contribution < 1.29 is 4.52 Å². The fourth-order valence-corrected chi connectivity index (χ4v) is 2.20. The van der Waals surface area contributed by atoms with E-state index < -0.39 is 5.62 Å². The van der Waals surface area contributed by atoms with Crippen LogP contribution in [0.25, 0.3) is 0 Å². The first-order valence-electron chi connectivity index (χ1n) is 3.30. The molecule has 1 atom stereocenters. The van der Waals surface area contributed by atoms with Crippen molar-refractivity contribution in [2.24, 2.45) is 0 Å². The average molecular weight is 276 g/mol. The highest BCUT2D eigenvalue weighted by atomic mass is 35.7. The first-order valence-corrected chi connectivity index (χ1v) is 8.13. The number of halogens is 3. The predicted molar refractivity (Wildman–Crippen MR) is 63.2 cm³/mol. The van der Waals surface area contributed by atoms with E-state index in [2.05, 4.69) is 0 Å². The van der Waals surface area contributed by atoms with Crippen LogP contribution in [0.2, 0.25) is 10.0 Å². The second-order valence-corrected chi connectivity index (χ2v) is 9.56. The number of rotatable bonds is 2. The number of hydrogen-bond donors (Lipinski definition) is 0. The molecule has 0 heterocycles. The molecule has 0 saturated carbocycles. The molecular weight excluding hydrogens is 269 g/mol. The summed E-state index contributed by atoms with van der Waals surface area (Å²) in [5, 5.41) is 0.973. The van der Waals surface area contributed by atoms with Crippen molar-refractivity contribution in [2.75, 3.05) is 6.66 Å². The van der Waals surface area contributed by atoms with Crippen LogP contribution < -0.4 is 4.52 Å². The summed E-state index contributed by atoms with van der Waals surface area (Å²) in [6.07, 6.45) is 0. The molecular formula is C7H6Cl3OPS. The van der Waals surface area contributed by atoms with Crippen molar-refractivity contribution >= 4 is 51.9 Å². The molecule has 0 aromatic heterocycles. The van der Waals surface area contributed by atoms with Crippen molar-refractivity contribution in [1.29, 1.82) is 0 Å². The Morgan fingerprint density at radius 3 is 2.46 bits per heavy atom. The molecule has 0 fully saturated rings. The molecule has 0 aliphatic rings. The third-order valence-corrected chi connectivity index (χ3v) is 2.64. The topological polar surface area (TPSA) is 9.23 Å². The summed E-state index contributed by atoms with van der Waals surface area (Å²) in [5.41, 5.74) is -2.25. The van der Waals surface area contributed by atoms with Gasteiger partial charge in [0.2, 0.25) is 0 Å². The lowest BCUT2D eigenvalue weighted by molar-refractivity contribution is 0.629. The molecule has 0 aliphatic heterocycles. The van der Waals surface area contributed by atoms with Gasteiger partial charge in [0.1, 0.15) is 5.75 Å². The Hall–Kier alpha value is 0.540. The molecule has 0 N–H and O–H groups in total. The summed E-state index contributed by atoms with van der Waals surface area (Å²) in [4.78, 5) is 0. The highest BCUT2D eigenvalue weighted by molar-refractivity contribution is 8.24. The van der Waals surface area contributed by atoms with Gasteiger partial charge >= 0.3 is 0 Å². The van der Waals surface area contributed by atoms with Gasteiger partial charge in [0.25, 0.3) is 0 Å². The Morgan fingerprint density at radius 1 is 1.38 bits per heavy atom. The smallest absolute Gasteiger partial charge is 0.196 e. The maximum Gasteiger partial charge on any atom is 0.196 e. The first-order chi connectivity index (χ1) is 5.88. The normalized spacial score (nSPS) is 15.1. The summed E-state index contributed by atoms with van der Waals surface area (Å²) in [7, 11) is 0. The van der Waals surface area contributed by atoms with Gasteiger partial charge in [0, 0.05) is 11.7 Å². The van der Waals surface area contributed by atoms with Gasteiger partial charge in [0.05, 0.1) is 5.02 Å². The predicted octanol–water partition coefficient (Wildman–Crippen LogP) is 4.55. The molecule has 6 heteroatoms. The molecule has 0 bridgehead atoms. The lowest BCUT2D eigenvalue weighted by Crippen LogP contribution is -1.85. The fraction of sp³-hybridized carbons (Fsp3) is 0.143. The van der Waals surface area contributed by atoms with Crippen molar-refractivity contribution in [3.8, 4) is 5.75 Å². The summed E-state index contributed by atoms with van der Waals surface area (Å²) < 4.78 is 5.29. The van der Waals surface area contributed by atoms with Gasteiger partial charge in [-0.25, -0.2) is 0 Å². The van der Waals surface area contributed by atoms with Gasteiger partial charge < -0.3 is 4.52 Å². The summed E-state index contributed by atoms with van der Waals surface area (Å²) in [6, 6.07) is 4.91. The summed E-state index contributed by atoms with van der Waals surface area (Å²) in [5.74, 6) is 0.479. The summed E-state index contributed by atoms with van der Waals surface area (Å²) >= 11 is 22.3. The Bertz CT molecular complexity index is 363. The zero-order valence-electron chi connectivity index (χ0n) is 6.63. The molecule has 1 aromatic rings. The van der Waals surface area contributed by atoms with Crippen molar-refractivity contribution in [1.82, 2.24) is 0 Å². The SMILES string of the molecule is CP(=S)(Cl)Oc1ccc(Cl)cc1Cl. The quantitative estimate of drug-likeness (QED) is 0.732. The van der Waals surface area contributed by atoms with Gasteiger partial charge in [-0.15, -0.1) is 0 Å². The van der Waals surface area contributed by atoms with Crippen LogP contribution in [0.1, 0.15) is 0 Å². The van der Waals surface area contributed by atoms with Gasteiger partial charge in [-0.2, -0.15) is 0 Å². The minimum Gasteiger partial charge on any atom is -0.451 e. The van der Waals surface area contributed by atoms with Crippen LogP contribution in [-0.2, 0) is 11.8 Å². The van der Waals surface area contributed by atoms with Crippen molar-refractivity contribution in [3.05, 3.63) is 28.2 Å². The summed E-state index contributed by atoms with van der Waals surface area (Å²) in [6.45, 7) is 1.66. The van der Waals surface area contributed by atoms with E-state index in [1.807, 2.05) is 0 Å². The van der Waals surface area contributed by atoms with Crippen molar-refractivity contribution in [3.63, 3.8) is 0 Å². The van der Waals surface area contributed by atoms with E-state index >= 15 is 0 Å². The van der Waals surface area contributed by atoms with Crippen LogP contribution >= 0.6 is 40.1 Å². The second-order valence-electron chi connectivity index (χ2n) is 2.41. The molecule has 1 unspecified atom stereocenters. The molecule has 0 amide bonds. The lowest BCUT2D eigenvalue weighted by atomic mass is 10.3. The van der Waals surface area contributed by atoms with Crippen LogP contribution in [0.15, 0.2) is 18.2 Å². The maximum absolute atomic E-state index is 5.84.